The van der Waals surface area contributed by atoms with E-state index < -0.39 is 44.9 Å². The lowest BCUT2D eigenvalue weighted by atomic mass is 10.1. The highest BCUT2D eigenvalue weighted by Gasteiger charge is 2.49. The number of nitrogens with zero attached hydrogens (tertiary/aromatic N) is 2. The van der Waals surface area contributed by atoms with Crippen molar-refractivity contribution in [1.82, 2.24) is 15.5 Å². The van der Waals surface area contributed by atoms with E-state index >= 15 is 0 Å². The number of ether oxygens (including phenoxy) is 2. The van der Waals surface area contributed by atoms with E-state index in [1.165, 1.54) is 17.0 Å². The number of hydrogen-bond donors (Lipinski definition) is 2. The van der Waals surface area contributed by atoms with Crippen LogP contribution in [0.15, 0.2) is 78.7 Å². The minimum absolute atomic E-state index is 0.0372. The van der Waals surface area contributed by atoms with Crippen molar-refractivity contribution in [2.45, 2.75) is 47.2 Å². The molecule has 1 heterocycles. The van der Waals surface area contributed by atoms with Gasteiger partial charge in [-0.1, -0.05) is 54.6 Å². The molecule has 2 amide bonds. The molecule has 12 heteroatoms. The third-order valence-corrected chi connectivity index (χ3v) is 9.33. The summed E-state index contributed by atoms with van der Waals surface area (Å²) >= 11 is 6.05. The summed E-state index contributed by atoms with van der Waals surface area (Å²) in [6.07, 6.45) is 1.77. The van der Waals surface area contributed by atoms with Gasteiger partial charge in [0.2, 0.25) is 5.91 Å². The molecule has 1 aliphatic carbocycles. The lowest BCUT2D eigenvalue weighted by Crippen LogP contribution is -2.47. The van der Waals surface area contributed by atoms with E-state index in [4.69, 9.17) is 21.1 Å². The van der Waals surface area contributed by atoms with E-state index in [1.54, 1.807) is 48.5 Å². The van der Waals surface area contributed by atoms with Crippen LogP contribution in [0.4, 0.5) is 4.79 Å². The van der Waals surface area contributed by atoms with E-state index in [0.29, 0.717) is 23.4 Å². The van der Waals surface area contributed by atoms with Crippen molar-refractivity contribution in [3.8, 4) is 11.8 Å². The van der Waals surface area contributed by atoms with Gasteiger partial charge in [-0.25, -0.2) is 13.2 Å². The molecule has 0 spiro atoms. The summed E-state index contributed by atoms with van der Waals surface area (Å²) in [6.45, 7) is 7.44. The number of benzene rings is 2. The Bertz CT molecular complexity index is 1450. The van der Waals surface area contributed by atoms with Gasteiger partial charge >= 0.3 is 6.09 Å². The van der Waals surface area contributed by atoms with Gasteiger partial charge in [0.05, 0.1) is 11.3 Å². The minimum Gasteiger partial charge on any atom is -0.488 e. The molecule has 2 fully saturated rings. The summed E-state index contributed by atoms with van der Waals surface area (Å²) in [5.41, 5.74) is -0.422. The fraction of sp³-hybridized carbons (Fsp3) is 0.345. The van der Waals surface area contributed by atoms with Crippen LogP contribution in [0.3, 0.4) is 0 Å². The van der Waals surface area contributed by atoms with Gasteiger partial charge in [0.1, 0.15) is 28.8 Å². The fourth-order valence-corrected chi connectivity index (χ4v) is 6.51. The zero-order valence-electron chi connectivity index (χ0n) is 22.3. The molecule has 10 nitrogen and oxygen atoms in total. The van der Waals surface area contributed by atoms with Crippen molar-refractivity contribution in [3.05, 3.63) is 84.4 Å². The summed E-state index contributed by atoms with van der Waals surface area (Å²) < 4.78 is 38.9. The molecular formula is C29H31ClN4O6S. The molecule has 0 bridgehead atoms. The van der Waals surface area contributed by atoms with Crippen LogP contribution in [-0.2, 0) is 19.4 Å². The molecule has 4 rings (SSSR count). The molecule has 2 aliphatic rings. The number of carbonyl (C=O) groups is 2. The Balaban J connectivity index is 1.66. The fourth-order valence-electron chi connectivity index (χ4n) is 4.57. The van der Waals surface area contributed by atoms with E-state index in [-0.39, 0.29) is 36.8 Å². The Morgan fingerprint density at radius 3 is 2.51 bits per heavy atom. The Labute approximate surface area is 244 Å². The maximum Gasteiger partial charge on any atom is 0.410 e. The third-order valence-electron chi connectivity index (χ3n) is 6.91. The number of halogens is 1. The zero-order valence-corrected chi connectivity index (χ0v) is 23.9. The Morgan fingerprint density at radius 1 is 1.17 bits per heavy atom. The van der Waals surface area contributed by atoms with Crippen LogP contribution in [0.1, 0.15) is 30.9 Å². The van der Waals surface area contributed by atoms with Gasteiger partial charge in [0.25, 0.3) is 0 Å². The standard InChI is InChI=1S/C29H31ClN4O6S/c1-3-15-32-26(20-9-11-21(30)12-10-20)27(35)34-18-22(17-25(34)40-28(36)33-29(19-31)13-14-29)41(37,38)24-8-6-5-7-23(24)39-16-4-2/h3-12,22,25-26,32H,1-2,13-18H2,(H,33,36)/t22-,25+,26-/m1/s1. The first kappa shape index (κ1) is 30.1. The van der Waals surface area contributed by atoms with Gasteiger partial charge in [0, 0.05) is 24.5 Å². The molecule has 0 unspecified atom stereocenters. The Hall–Kier alpha value is -3.85. The van der Waals surface area contributed by atoms with Crippen molar-refractivity contribution in [2.75, 3.05) is 19.7 Å². The third kappa shape index (κ3) is 6.90. The second-order valence-electron chi connectivity index (χ2n) is 9.80. The molecule has 1 aliphatic heterocycles. The second kappa shape index (κ2) is 12.8. The maximum absolute atomic E-state index is 14.0. The topological polar surface area (TPSA) is 138 Å². The van der Waals surface area contributed by atoms with E-state index in [1.807, 2.05) is 6.07 Å². The molecule has 0 radical (unpaired) electrons. The number of rotatable bonds is 12. The summed E-state index contributed by atoms with van der Waals surface area (Å²) in [7, 11) is -4.05. The van der Waals surface area contributed by atoms with Gasteiger partial charge in [-0.15, -0.1) is 6.58 Å². The largest absolute Gasteiger partial charge is 0.488 e. The van der Waals surface area contributed by atoms with Crippen molar-refractivity contribution >= 4 is 33.4 Å². The lowest BCUT2D eigenvalue weighted by Gasteiger charge is -2.29. The van der Waals surface area contributed by atoms with E-state index in [0.717, 1.165) is 0 Å². The second-order valence-corrected chi connectivity index (χ2v) is 12.4. The molecule has 2 aromatic carbocycles. The molecule has 3 atom stereocenters. The number of nitrogens with one attached hydrogen (secondary N) is 2. The highest BCUT2D eigenvalue weighted by Crippen LogP contribution is 2.36. The van der Waals surface area contributed by atoms with Gasteiger partial charge < -0.3 is 19.7 Å². The molecule has 2 aromatic rings. The average Bonchev–Trinajstić information content (AvgIpc) is 3.61. The Kier molecular flexibility index (Phi) is 9.38. The monoisotopic (exact) mass is 598 g/mol. The average molecular weight is 599 g/mol. The zero-order chi connectivity index (χ0) is 29.6. The van der Waals surface area contributed by atoms with Gasteiger partial charge in [-0.2, -0.15) is 5.26 Å². The van der Waals surface area contributed by atoms with Crippen molar-refractivity contribution in [1.29, 1.82) is 5.26 Å². The first-order valence-corrected chi connectivity index (χ1v) is 14.9. The molecular weight excluding hydrogens is 568 g/mol. The predicted molar refractivity (Wildman–Crippen MR) is 153 cm³/mol. The van der Waals surface area contributed by atoms with E-state index in [2.05, 4.69) is 23.8 Å². The molecule has 216 valence electrons. The molecule has 41 heavy (non-hydrogen) atoms. The summed E-state index contributed by atoms with van der Waals surface area (Å²) in [5, 5.41) is 14.4. The SMILES string of the molecule is C=CCN[C@@H](C(=O)N1C[C@H](S(=O)(=O)c2ccccc2OCC=C)C[C@@H]1OC(=O)NC1(C#N)CC1)c1ccc(Cl)cc1. The summed E-state index contributed by atoms with van der Waals surface area (Å²) in [4.78, 5) is 28.0. The minimum atomic E-state index is -4.05. The van der Waals surface area contributed by atoms with Crippen molar-refractivity contribution in [2.24, 2.45) is 0 Å². The smallest absolute Gasteiger partial charge is 0.410 e. The van der Waals surface area contributed by atoms with Crippen LogP contribution in [-0.4, -0.2) is 62.0 Å². The van der Waals surface area contributed by atoms with Gasteiger partial charge in [-0.05, 0) is 42.7 Å². The molecule has 0 aromatic heterocycles. The van der Waals surface area contributed by atoms with Crippen LogP contribution in [0.5, 0.6) is 5.75 Å². The highest BCUT2D eigenvalue weighted by atomic mass is 35.5. The normalized spacial score (nSPS) is 19.9. The number of likely N-dealkylation sites (tertiary alicyclic amines) is 1. The molecule has 1 saturated heterocycles. The summed E-state index contributed by atoms with van der Waals surface area (Å²) in [5.74, 6) is -0.342. The number of nitriles is 1. The molecule has 1 saturated carbocycles. The number of sulfone groups is 1. The highest BCUT2D eigenvalue weighted by molar-refractivity contribution is 7.92. The maximum atomic E-state index is 14.0. The summed E-state index contributed by atoms with van der Waals surface area (Å²) in [6, 6.07) is 14.0. The number of amides is 2. The Morgan fingerprint density at radius 2 is 1.88 bits per heavy atom. The van der Waals surface area contributed by atoms with Gasteiger partial charge in [-0.3, -0.25) is 10.1 Å². The molecule has 2 N–H and O–H groups in total. The first-order chi connectivity index (χ1) is 19.6. The van der Waals surface area contributed by atoms with Crippen LogP contribution in [0.25, 0.3) is 0 Å². The number of carbonyl (C=O) groups excluding carboxylic acids is 2. The van der Waals surface area contributed by atoms with Crippen LogP contribution in [0.2, 0.25) is 5.02 Å². The van der Waals surface area contributed by atoms with Gasteiger partial charge in [0.15, 0.2) is 16.1 Å². The van der Waals surface area contributed by atoms with Crippen LogP contribution >= 0.6 is 11.6 Å². The van der Waals surface area contributed by atoms with E-state index in [9.17, 15) is 23.3 Å². The van der Waals surface area contributed by atoms with Crippen molar-refractivity contribution in [3.63, 3.8) is 0 Å². The van der Waals surface area contributed by atoms with Crippen LogP contribution in [0, 0.1) is 11.3 Å². The number of hydrogen-bond acceptors (Lipinski definition) is 8. The predicted octanol–water partition coefficient (Wildman–Crippen LogP) is 3.90. The van der Waals surface area contributed by atoms with Crippen molar-refractivity contribution < 1.29 is 27.5 Å². The first-order valence-electron chi connectivity index (χ1n) is 13.0. The number of para-hydroxylation sites is 1. The number of alkyl carbamates (subject to hydrolysis) is 1. The van der Waals surface area contributed by atoms with Crippen LogP contribution < -0.4 is 15.4 Å². The quantitative estimate of drug-likeness (QED) is 0.351. The lowest BCUT2D eigenvalue weighted by molar-refractivity contribution is -0.140.